The smallest absolute Gasteiger partial charge is 0.313 e. The third kappa shape index (κ3) is 3.81. The third-order valence-corrected chi connectivity index (χ3v) is 5.45. The average molecular weight is 345 g/mol. The number of aliphatic carboxylic acids is 1. The monoisotopic (exact) mass is 344 g/mol. The van der Waals surface area contributed by atoms with E-state index in [1.165, 1.54) is 23.1 Å². The van der Waals surface area contributed by atoms with E-state index >= 15 is 0 Å². The molecule has 2 aromatic rings. The molecule has 21 heavy (non-hydrogen) atoms. The van der Waals surface area contributed by atoms with E-state index in [4.69, 9.17) is 16.7 Å². The zero-order valence-corrected chi connectivity index (χ0v) is 14.4. The summed E-state index contributed by atoms with van der Waals surface area (Å²) in [7, 11) is 0. The minimum absolute atomic E-state index is 0.00641. The summed E-state index contributed by atoms with van der Waals surface area (Å²) in [4.78, 5) is 16.3. The summed E-state index contributed by atoms with van der Waals surface area (Å²) in [5.41, 5.74) is 1.10. The number of carbonyl (C=O) groups is 1. The summed E-state index contributed by atoms with van der Waals surface area (Å²) in [6.07, 6.45) is 1.83. The highest BCUT2D eigenvalue weighted by atomic mass is 35.5. The van der Waals surface area contributed by atoms with E-state index in [2.05, 4.69) is 30.3 Å². The van der Waals surface area contributed by atoms with Gasteiger partial charge in [-0.3, -0.25) is 4.79 Å². The van der Waals surface area contributed by atoms with Crippen LogP contribution in [0, 0.1) is 0 Å². The summed E-state index contributed by atoms with van der Waals surface area (Å²) in [6, 6.07) is 3.97. The van der Waals surface area contributed by atoms with Crippen molar-refractivity contribution in [3.8, 4) is 0 Å². The van der Waals surface area contributed by atoms with E-state index in [-0.39, 0.29) is 11.8 Å². The van der Waals surface area contributed by atoms with Crippen molar-refractivity contribution in [2.45, 2.75) is 37.9 Å². The molecule has 2 rings (SSSR count). The number of carboxylic acids is 1. The van der Waals surface area contributed by atoms with Gasteiger partial charge in [0.2, 0.25) is 0 Å². The van der Waals surface area contributed by atoms with Crippen LogP contribution < -0.4 is 0 Å². The van der Waals surface area contributed by atoms with E-state index in [0.29, 0.717) is 5.92 Å². The second-order valence-corrected chi connectivity index (χ2v) is 7.68. The van der Waals surface area contributed by atoms with Crippen LogP contribution in [0.2, 0.25) is 4.34 Å². The molecule has 7 heteroatoms. The lowest BCUT2D eigenvalue weighted by Crippen LogP contribution is -2.12. The Hall–Kier alpha value is -0.980. The number of thiophene rings is 1. The SMILES string of the molecule is CC(C)c1cnc(SCC(=O)O)n1C(C)c1ccc(Cl)s1. The summed E-state index contributed by atoms with van der Waals surface area (Å²) >= 11 is 8.81. The van der Waals surface area contributed by atoms with Crippen molar-refractivity contribution in [3.63, 3.8) is 0 Å². The molecule has 0 aliphatic carbocycles. The Morgan fingerprint density at radius 1 is 1.48 bits per heavy atom. The zero-order valence-electron chi connectivity index (χ0n) is 12.0. The number of rotatable bonds is 6. The summed E-state index contributed by atoms with van der Waals surface area (Å²) in [5, 5.41) is 9.60. The van der Waals surface area contributed by atoms with Gasteiger partial charge in [-0.15, -0.1) is 11.3 Å². The van der Waals surface area contributed by atoms with Gasteiger partial charge in [-0.2, -0.15) is 0 Å². The van der Waals surface area contributed by atoms with Crippen molar-refractivity contribution in [1.82, 2.24) is 9.55 Å². The highest BCUT2D eigenvalue weighted by molar-refractivity contribution is 7.99. The lowest BCUT2D eigenvalue weighted by atomic mass is 10.1. The first-order valence-corrected chi connectivity index (χ1v) is 8.75. The standard InChI is InChI=1S/C14H17ClN2O2S2/c1-8(2)10-6-16-14(20-7-13(18)19)17(10)9(3)11-4-5-12(15)21-11/h4-6,8-9H,7H2,1-3H3,(H,18,19). The first kappa shape index (κ1) is 16.4. The lowest BCUT2D eigenvalue weighted by Gasteiger charge is -2.19. The topological polar surface area (TPSA) is 55.1 Å². The molecule has 0 aliphatic rings. The first-order valence-electron chi connectivity index (χ1n) is 6.57. The van der Waals surface area contributed by atoms with Gasteiger partial charge in [0.25, 0.3) is 0 Å². The van der Waals surface area contributed by atoms with Gasteiger partial charge < -0.3 is 9.67 Å². The molecule has 0 saturated carbocycles. The van der Waals surface area contributed by atoms with Crippen molar-refractivity contribution in [3.05, 3.63) is 33.2 Å². The summed E-state index contributed by atoms with van der Waals surface area (Å²) < 4.78 is 2.86. The van der Waals surface area contributed by atoms with E-state index in [1.54, 1.807) is 0 Å². The third-order valence-electron chi connectivity index (χ3n) is 3.10. The second kappa shape index (κ2) is 6.85. The van der Waals surface area contributed by atoms with Crippen LogP contribution in [0.5, 0.6) is 0 Å². The molecule has 4 nitrogen and oxygen atoms in total. The van der Waals surface area contributed by atoms with Crippen LogP contribution in [0.3, 0.4) is 0 Å². The van der Waals surface area contributed by atoms with Gasteiger partial charge in [-0.25, -0.2) is 4.98 Å². The number of imidazole rings is 1. The molecule has 114 valence electrons. The van der Waals surface area contributed by atoms with Crippen LogP contribution in [-0.2, 0) is 4.79 Å². The van der Waals surface area contributed by atoms with Crippen molar-refractivity contribution >= 4 is 40.7 Å². The lowest BCUT2D eigenvalue weighted by molar-refractivity contribution is -0.133. The number of hydrogen-bond donors (Lipinski definition) is 1. The van der Waals surface area contributed by atoms with E-state index < -0.39 is 5.97 Å². The fourth-order valence-electron chi connectivity index (χ4n) is 2.09. The van der Waals surface area contributed by atoms with Gasteiger partial charge in [-0.05, 0) is 25.0 Å². The van der Waals surface area contributed by atoms with Gasteiger partial charge in [0.05, 0.1) is 16.1 Å². The molecule has 0 saturated heterocycles. The fraction of sp³-hybridized carbons (Fsp3) is 0.429. The number of aromatic nitrogens is 2. The van der Waals surface area contributed by atoms with Gasteiger partial charge in [-0.1, -0.05) is 37.2 Å². The molecule has 0 fully saturated rings. The Kier molecular flexibility index (Phi) is 5.35. The summed E-state index contributed by atoms with van der Waals surface area (Å²) in [6.45, 7) is 6.29. The van der Waals surface area contributed by atoms with E-state index in [0.717, 1.165) is 20.1 Å². The maximum atomic E-state index is 10.8. The maximum absolute atomic E-state index is 10.8. The number of carboxylic acid groups (broad SMARTS) is 1. The Morgan fingerprint density at radius 2 is 2.19 bits per heavy atom. The summed E-state index contributed by atoms with van der Waals surface area (Å²) in [5.74, 6) is -0.519. The second-order valence-electron chi connectivity index (χ2n) is 4.99. The normalized spacial score (nSPS) is 12.8. The minimum Gasteiger partial charge on any atom is -0.481 e. The Bertz CT molecular complexity index is 637. The van der Waals surface area contributed by atoms with Crippen molar-refractivity contribution in [2.75, 3.05) is 5.75 Å². The first-order chi connectivity index (χ1) is 9.90. The molecule has 0 bridgehead atoms. The van der Waals surface area contributed by atoms with Crippen LogP contribution in [0.4, 0.5) is 0 Å². The Balaban J connectivity index is 2.38. The molecule has 1 unspecified atom stereocenters. The van der Waals surface area contributed by atoms with Gasteiger partial charge in [0.1, 0.15) is 0 Å². The number of thioether (sulfide) groups is 1. The molecule has 0 amide bonds. The molecule has 0 radical (unpaired) electrons. The molecular formula is C14H17ClN2O2S2. The van der Waals surface area contributed by atoms with Gasteiger partial charge >= 0.3 is 5.97 Å². The van der Waals surface area contributed by atoms with Crippen molar-refractivity contribution in [1.29, 1.82) is 0 Å². The molecule has 0 aromatic carbocycles. The number of hydrogen-bond acceptors (Lipinski definition) is 4. The zero-order chi connectivity index (χ0) is 15.6. The molecule has 1 N–H and O–H groups in total. The predicted molar refractivity (Wildman–Crippen MR) is 87.8 cm³/mol. The largest absolute Gasteiger partial charge is 0.481 e. The van der Waals surface area contributed by atoms with Gasteiger partial charge in [0, 0.05) is 16.8 Å². The minimum atomic E-state index is -0.840. The molecule has 1 atom stereocenters. The van der Waals surface area contributed by atoms with Crippen LogP contribution in [0.15, 0.2) is 23.5 Å². The molecule has 0 spiro atoms. The highest BCUT2D eigenvalue weighted by Gasteiger charge is 2.21. The van der Waals surface area contributed by atoms with Crippen LogP contribution in [0.1, 0.15) is 43.3 Å². The van der Waals surface area contributed by atoms with E-state index in [1.807, 2.05) is 18.3 Å². The number of nitrogens with zero attached hydrogens (tertiary/aromatic N) is 2. The van der Waals surface area contributed by atoms with Crippen LogP contribution in [0.25, 0.3) is 0 Å². The van der Waals surface area contributed by atoms with Crippen molar-refractivity contribution < 1.29 is 9.90 Å². The molecular weight excluding hydrogens is 328 g/mol. The fourth-order valence-corrected chi connectivity index (χ4v) is 3.97. The highest BCUT2D eigenvalue weighted by Crippen LogP contribution is 2.34. The quantitative estimate of drug-likeness (QED) is 0.783. The average Bonchev–Trinajstić information content (AvgIpc) is 3.01. The van der Waals surface area contributed by atoms with Crippen molar-refractivity contribution in [2.24, 2.45) is 0 Å². The molecule has 0 aliphatic heterocycles. The van der Waals surface area contributed by atoms with Gasteiger partial charge in [0.15, 0.2) is 5.16 Å². The molecule has 2 aromatic heterocycles. The number of halogens is 1. The van der Waals surface area contributed by atoms with E-state index in [9.17, 15) is 4.79 Å². The Labute approximate surface area is 137 Å². The maximum Gasteiger partial charge on any atom is 0.313 e. The Morgan fingerprint density at radius 3 is 2.71 bits per heavy atom. The predicted octanol–water partition coefficient (Wildman–Crippen LogP) is 4.51. The molecule has 2 heterocycles. The van der Waals surface area contributed by atoms with Crippen LogP contribution >= 0.6 is 34.7 Å². The van der Waals surface area contributed by atoms with Crippen LogP contribution in [-0.4, -0.2) is 26.4 Å².